The summed E-state index contributed by atoms with van der Waals surface area (Å²) in [6, 6.07) is 0. The van der Waals surface area contributed by atoms with Crippen molar-refractivity contribution >= 4 is 25.6 Å². The Kier molecular flexibility index (Phi) is 4.92. The van der Waals surface area contributed by atoms with E-state index in [1.807, 2.05) is 26.2 Å². The molecule has 0 aliphatic carbocycles. The van der Waals surface area contributed by atoms with Crippen LogP contribution in [0.2, 0.25) is 19.6 Å². The van der Waals surface area contributed by atoms with Gasteiger partial charge in [-0.3, -0.25) is 4.79 Å². The van der Waals surface area contributed by atoms with Crippen LogP contribution in [0.25, 0.3) is 0 Å². The van der Waals surface area contributed by atoms with E-state index in [0.717, 1.165) is 10.7 Å². The molecule has 19 heavy (non-hydrogen) atoms. The maximum atomic E-state index is 12.0. The number of methoxy groups -OCH3 is 1. The van der Waals surface area contributed by atoms with E-state index in [4.69, 9.17) is 9.16 Å². The minimum atomic E-state index is -1.80. The van der Waals surface area contributed by atoms with E-state index in [0.29, 0.717) is 0 Å². The molecular weight excluding hydrogens is 278 g/mol. The van der Waals surface area contributed by atoms with Crippen molar-refractivity contribution in [2.24, 2.45) is 5.41 Å². The molecule has 0 spiro atoms. The van der Waals surface area contributed by atoms with Gasteiger partial charge in [-0.15, -0.1) is 11.3 Å². The number of nitrogens with zero attached hydrogens (tertiary/aromatic N) is 1. The van der Waals surface area contributed by atoms with Gasteiger partial charge in [0.25, 0.3) is 0 Å². The third kappa shape index (κ3) is 4.12. The molecule has 0 fully saturated rings. The molecule has 0 saturated heterocycles. The van der Waals surface area contributed by atoms with Crippen LogP contribution >= 0.6 is 11.3 Å². The fourth-order valence-corrected chi connectivity index (χ4v) is 3.93. The highest BCUT2D eigenvalue weighted by Crippen LogP contribution is 2.40. The van der Waals surface area contributed by atoms with E-state index in [1.54, 1.807) is 0 Å². The zero-order chi connectivity index (χ0) is 14.8. The summed E-state index contributed by atoms with van der Waals surface area (Å²) in [5, 5.41) is 2.82. The van der Waals surface area contributed by atoms with Crippen molar-refractivity contribution in [3.05, 3.63) is 16.1 Å². The largest absolute Gasteiger partial charge is 0.469 e. The highest BCUT2D eigenvalue weighted by atomic mass is 32.1. The molecule has 0 aromatic carbocycles. The molecule has 1 aromatic heterocycles. The van der Waals surface area contributed by atoms with E-state index >= 15 is 0 Å². The monoisotopic (exact) mass is 301 g/mol. The lowest BCUT2D eigenvalue weighted by atomic mass is 9.87. The van der Waals surface area contributed by atoms with Gasteiger partial charge in [-0.2, -0.15) is 0 Å². The van der Waals surface area contributed by atoms with E-state index in [2.05, 4.69) is 24.6 Å². The summed E-state index contributed by atoms with van der Waals surface area (Å²) in [5.74, 6) is -0.274. The van der Waals surface area contributed by atoms with Crippen LogP contribution in [0.15, 0.2) is 5.38 Å². The van der Waals surface area contributed by atoms with Crippen molar-refractivity contribution in [3.8, 4) is 0 Å². The minimum Gasteiger partial charge on any atom is -0.469 e. The fraction of sp³-hybridized carbons (Fsp3) is 0.692. The molecule has 0 aliphatic rings. The molecule has 1 atom stereocenters. The molecule has 0 saturated carbocycles. The number of carbonyl (C=O) groups is 1. The Balaban J connectivity index is 3.16. The van der Waals surface area contributed by atoms with Crippen molar-refractivity contribution in [2.45, 2.75) is 46.5 Å². The molecule has 108 valence electrons. The first-order valence-corrected chi connectivity index (χ1v) is 10.5. The number of thiazole rings is 1. The maximum absolute atomic E-state index is 12.0. The third-order valence-electron chi connectivity index (χ3n) is 2.70. The van der Waals surface area contributed by atoms with Crippen LogP contribution in [0.5, 0.6) is 0 Å². The Morgan fingerprint density at radius 3 is 2.37 bits per heavy atom. The number of aromatic nitrogens is 1. The van der Waals surface area contributed by atoms with Crippen LogP contribution in [0.4, 0.5) is 0 Å². The molecule has 0 aliphatic heterocycles. The molecular formula is C13H23NO3SSi. The Morgan fingerprint density at radius 2 is 2.00 bits per heavy atom. The number of aryl methyl sites for hydroxylation is 1. The summed E-state index contributed by atoms with van der Waals surface area (Å²) in [5.41, 5.74) is 0.198. The second-order valence-electron chi connectivity index (χ2n) is 6.15. The molecule has 0 amide bonds. The van der Waals surface area contributed by atoms with Crippen molar-refractivity contribution in [1.29, 1.82) is 0 Å². The lowest BCUT2D eigenvalue weighted by Crippen LogP contribution is -2.39. The van der Waals surface area contributed by atoms with Gasteiger partial charge in [-0.25, -0.2) is 4.98 Å². The van der Waals surface area contributed by atoms with Gasteiger partial charge in [0.2, 0.25) is 0 Å². The van der Waals surface area contributed by atoms with Crippen LogP contribution < -0.4 is 0 Å². The molecule has 1 unspecified atom stereocenters. The predicted molar refractivity (Wildman–Crippen MR) is 79.8 cm³/mol. The summed E-state index contributed by atoms with van der Waals surface area (Å²) < 4.78 is 11.1. The first-order valence-electron chi connectivity index (χ1n) is 6.26. The second-order valence-corrected chi connectivity index (χ2v) is 11.5. The van der Waals surface area contributed by atoms with Gasteiger partial charge in [0.05, 0.1) is 12.5 Å². The van der Waals surface area contributed by atoms with E-state index in [9.17, 15) is 4.79 Å². The summed E-state index contributed by atoms with van der Waals surface area (Å²) in [6.45, 7) is 12.0. The Morgan fingerprint density at radius 1 is 1.42 bits per heavy atom. The SMILES string of the molecule is COC(=O)C(C)(C)C(O[Si](C)(C)C)c1nc(C)cs1. The number of carbonyl (C=O) groups excluding carboxylic acids is 1. The second kappa shape index (κ2) is 5.72. The molecule has 1 aromatic rings. The first-order chi connectivity index (χ1) is 8.58. The highest BCUT2D eigenvalue weighted by Gasteiger charge is 2.43. The predicted octanol–water partition coefficient (Wildman–Crippen LogP) is 3.54. The number of rotatable bonds is 5. The van der Waals surface area contributed by atoms with Crippen molar-refractivity contribution in [2.75, 3.05) is 7.11 Å². The summed E-state index contributed by atoms with van der Waals surface area (Å²) in [6.07, 6.45) is -0.356. The van der Waals surface area contributed by atoms with Gasteiger partial charge >= 0.3 is 5.97 Å². The van der Waals surface area contributed by atoms with Gasteiger partial charge in [-0.1, -0.05) is 0 Å². The van der Waals surface area contributed by atoms with Crippen LogP contribution in [0.3, 0.4) is 0 Å². The van der Waals surface area contributed by atoms with Crippen molar-refractivity contribution < 1.29 is 14.0 Å². The van der Waals surface area contributed by atoms with Gasteiger partial charge in [-0.05, 0) is 40.4 Å². The first kappa shape index (κ1) is 16.3. The molecule has 6 heteroatoms. The Bertz CT molecular complexity index is 451. The summed E-state index contributed by atoms with van der Waals surface area (Å²) in [7, 11) is -0.398. The van der Waals surface area contributed by atoms with Crippen LogP contribution in [-0.4, -0.2) is 26.4 Å². The van der Waals surface area contributed by atoms with Gasteiger partial charge in [0.1, 0.15) is 11.1 Å². The van der Waals surface area contributed by atoms with E-state index in [1.165, 1.54) is 18.4 Å². The lowest BCUT2D eigenvalue weighted by Gasteiger charge is -2.34. The molecule has 1 rings (SSSR count). The van der Waals surface area contributed by atoms with Crippen molar-refractivity contribution in [3.63, 3.8) is 0 Å². The highest BCUT2D eigenvalue weighted by molar-refractivity contribution is 7.09. The van der Waals surface area contributed by atoms with Crippen LogP contribution in [-0.2, 0) is 14.0 Å². The zero-order valence-corrected chi connectivity index (χ0v) is 14.6. The lowest BCUT2D eigenvalue weighted by molar-refractivity contribution is -0.156. The molecule has 0 radical (unpaired) electrons. The average molecular weight is 301 g/mol. The fourth-order valence-electron chi connectivity index (χ4n) is 1.72. The average Bonchev–Trinajstić information content (AvgIpc) is 2.69. The quantitative estimate of drug-likeness (QED) is 0.616. The summed E-state index contributed by atoms with van der Waals surface area (Å²) in [4.78, 5) is 16.5. The van der Waals surface area contributed by atoms with E-state index < -0.39 is 13.7 Å². The number of hydrogen-bond acceptors (Lipinski definition) is 5. The molecule has 1 heterocycles. The van der Waals surface area contributed by atoms with Crippen LogP contribution in [0.1, 0.15) is 30.7 Å². The van der Waals surface area contributed by atoms with E-state index in [-0.39, 0.29) is 12.1 Å². The smallest absolute Gasteiger partial charge is 0.314 e. The number of ether oxygens (including phenoxy) is 1. The number of hydrogen-bond donors (Lipinski definition) is 0. The molecule has 0 bridgehead atoms. The Labute approximate surface area is 120 Å². The standard InChI is InChI=1S/C13H23NO3SSi/c1-9-8-18-11(14-9)10(17-19(5,6)7)13(2,3)12(15)16-4/h8,10H,1-7H3. The number of esters is 1. The topological polar surface area (TPSA) is 48.4 Å². The van der Waals surface area contributed by atoms with Gasteiger partial charge < -0.3 is 9.16 Å². The van der Waals surface area contributed by atoms with Gasteiger partial charge in [0, 0.05) is 11.1 Å². The molecule has 0 N–H and O–H groups in total. The normalized spacial score (nSPS) is 14.3. The zero-order valence-electron chi connectivity index (χ0n) is 12.7. The van der Waals surface area contributed by atoms with Gasteiger partial charge in [0.15, 0.2) is 8.32 Å². The Hall–Kier alpha value is -0.723. The third-order valence-corrected chi connectivity index (χ3v) is 4.65. The van der Waals surface area contributed by atoms with Crippen molar-refractivity contribution in [1.82, 2.24) is 4.98 Å². The maximum Gasteiger partial charge on any atom is 0.314 e. The minimum absolute atomic E-state index is 0.274. The summed E-state index contributed by atoms with van der Waals surface area (Å²) >= 11 is 1.53. The van der Waals surface area contributed by atoms with Crippen LogP contribution in [0, 0.1) is 12.3 Å². The molecule has 4 nitrogen and oxygen atoms in total.